The first-order valence-electron chi connectivity index (χ1n) is 4.71. The molecule has 88 valence electrons. The first kappa shape index (κ1) is 12.8. The summed E-state index contributed by atoms with van der Waals surface area (Å²) in [7, 11) is 0. The number of halogens is 1. The number of rotatable bonds is 5. The monoisotopic (exact) mass is 290 g/mol. The molecule has 0 N–H and O–H groups in total. The van der Waals surface area contributed by atoms with E-state index in [1.807, 2.05) is 0 Å². The van der Waals surface area contributed by atoms with Gasteiger partial charge in [-0.05, 0) is 13.0 Å². The van der Waals surface area contributed by atoms with Crippen molar-refractivity contribution >= 4 is 27.9 Å². The number of azo groups is 1. The van der Waals surface area contributed by atoms with Crippen molar-refractivity contribution < 1.29 is 19.1 Å². The number of carbonyl (C=O) groups excluding carboxylic acids is 2. The SMILES string of the molecule is CCOC(=O)C1C=C(C(=O)OCCBr)N=N1. The highest BCUT2D eigenvalue weighted by Crippen LogP contribution is 2.15. The van der Waals surface area contributed by atoms with Crippen LogP contribution in [-0.2, 0) is 19.1 Å². The molecule has 0 spiro atoms. The molecule has 0 saturated carbocycles. The van der Waals surface area contributed by atoms with Crippen molar-refractivity contribution in [1.82, 2.24) is 0 Å². The molecule has 1 heterocycles. The van der Waals surface area contributed by atoms with Crippen LogP contribution in [0.3, 0.4) is 0 Å². The van der Waals surface area contributed by atoms with Crippen molar-refractivity contribution in [2.24, 2.45) is 10.2 Å². The Balaban J connectivity index is 2.53. The van der Waals surface area contributed by atoms with Crippen molar-refractivity contribution in [3.63, 3.8) is 0 Å². The fraction of sp³-hybridized carbons (Fsp3) is 0.556. The van der Waals surface area contributed by atoms with Crippen LogP contribution in [0, 0.1) is 0 Å². The van der Waals surface area contributed by atoms with Gasteiger partial charge in [-0.3, -0.25) is 0 Å². The second kappa shape index (κ2) is 6.37. The van der Waals surface area contributed by atoms with Crippen LogP contribution in [-0.4, -0.2) is 36.5 Å². The molecular formula is C9H11BrN2O4. The maximum Gasteiger partial charge on any atom is 0.358 e. The van der Waals surface area contributed by atoms with E-state index in [1.165, 1.54) is 6.08 Å². The van der Waals surface area contributed by atoms with E-state index in [9.17, 15) is 9.59 Å². The molecule has 1 atom stereocenters. The van der Waals surface area contributed by atoms with Crippen LogP contribution >= 0.6 is 15.9 Å². The Hall–Kier alpha value is -1.24. The Kier molecular flexibility index (Phi) is 5.10. The zero-order chi connectivity index (χ0) is 12.0. The van der Waals surface area contributed by atoms with Gasteiger partial charge in [0, 0.05) is 5.33 Å². The molecule has 7 heteroatoms. The van der Waals surface area contributed by atoms with Crippen LogP contribution in [0.4, 0.5) is 0 Å². The third-order valence-corrected chi connectivity index (χ3v) is 1.98. The van der Waals surface area contributed by atoms with Gasteiger partial charge in [-0.15, -0.1) is 5.11 Å². The summed E-state index contributed by atoms with van der Waals surface area (Å²) in [4.78, 5) is 22.6. The number of alkyl halides is 1. The summed E-state index contributed by atoms with van der Waals surface area (Å²) in [6, 6.07) is -0.827. The predicted molar refractivity (Wildman–Crippen MR) is 58.1 cm³/mol. The fourth-order valence-electron chi connectivity index (χ4n) is 0.998. The molecule has 1 rings (SSSR count). The number of hydrogen-bond acceptors (Lipinski definition) is 6. The van der Waals surface area contributed by atoms with Crippen molar-refractivity contribution in [2.45, 2.75) is 13.0 Å². The van der Waals surface area contributed by atoms with Gasteiger partial charge in [0.25, 0.3) is 0 Å². The van der Waals surface area contributed by atoms with E-state index in [-0.39, 0.29) is 18.9 Å². The van der Waals surface area contributed by atoms with Crippen molar-refractivity contribution in [3.05, 3.63) is 11.8 Å². The van der Waals surface area contributed by atoms with Crippen molar-refractivity contribution in [1.29, 1.82) is 0 Å². The van der Waals surface area contributed by atoms with Crippen LogP contribution in [0.1, 0.15) is 6.92 Å². The summed E-state index contributed by atoms with van der Waals surface area (Å²) >= 11 is 3.12. The minimum Gasteiger partial charge on any atom is -0.464 e. The van der Waals surface area contributed by atoms with Crippen molar-refractivity contribution in [2.75, 3.05) is 18.5 Å². The lowest BCUT2D eigenvalue weighted by Gasteiger charge is -2.01. The Labute approximate surface area is 101 Å². The van der Waals surface area contributed by atoms with E-state index in [4.69, 9.17) is 9.47 Å². The molecule has 0 aromatic heterocycles. The normalized spacial score (nSPS) is 18.1. The largest absolute Gasteiger partial charge is 0.464 e. The quantitative estimate of drug-likeness (QED) is 0.563. The first-order valence-corrected chi connectivity index (χ1v) is 5.83. The summed E-state index contributed by atoms with van der Waals surface area (Å²) in [6.45, 7) is 2.21. The van der Waals surface area contributed by atoms with Gasteiger partial charge in [0.15, 0.2) is 11.7 Å². The lowest BCUT2D eigenvalue weighted by molar-refractivity contribution is -0.143. The molecule has 1 aliphatic heterocycles. The molecule has 0 fully saturated rings. The van der Waals surface area contributed by atoms with Crippen LogP contribution in [0.15, 0.2) is 22.0 Å². The van der Waals surface area contributed by atoms with Crippen molar-refractivity contribution in [3.8, 4) is 0 Å². The van der Waals surface area contributed by atoms with Gasteiger partial charge in [-0.25, -0.2) is 9.59 Å². The van der Waals surface area contributed by atoms with Gasteiger partial charge >= 0.3 is 11.9 Å². The number of nitrogens with zero attached hydrogens (tertiary/aromatic N) is 2. The lowest BCUT2D eigenvalue weighted by atomic mass is 10.3. The molecule has 1 unspecified atom stereocenters. The first-order chi connectivity index (χ1) is 7.69. The number of hydrogen-bond donors (Lipinski definition) is 0. The molecule has 0 bridgehead atoms. The maximum atomic E-state index is 11.3. The van der Waals surface area contributed by atoms with Crippen LogP contribution < -0.4 is 0 Å². The summed E-state index contributed by atoms with van der Waals surface area (Å²) in [5.74, 6) is -1.11. The Morgan fingerprint density at radius 3 is 2.88 bits per heavy atom. The second-order valence-electron chi connectivity index (χ2n) is 2.79. The summed E-state index contributed by atoms with van der Waals surface area (Å²) < 4.78 is 9.54. The third kappa shape index (κ3) is 3.41. The average molecular weight is 291 g/mol. The van der Waals surface area contributed by atoms with E-state index in [1.54, 1.807) is 6.92 Å². The highest BCUT2D eigenvalue weighted by atomic mass is 79.9. The zero-order valence-electron chi connectivity index (χ0n) is 8.68. The van der Waals surface area contributed by atoms with E-state index in [0.29, 0.717) is 5.33 Å². The maximum absolute atomic E-state index is 11.3. The molecule has 16 heavy (non-hydrogen) atoms. The minimum absolute atomic E-state index is 0.0407. The Morgan fingerprint density at radius 1 is 1.50 bits per heavy atom. The van der Waals surface area contributed by atoms with Gasteiger partial charge < -0.3 is 9.47 Å². The lowest BCUT2D eigenvalue weighted by Crippen LogP contribution is -2.18. The Bertz CT molecular complexity index is 340. The average Bonchev–Trinajstić information content (AvgIpc) is 2.75. The van der Waals surface area contributed by atoms with E-state index in [0.717, 1.165) is 0 Å². The van der Waals surface area contributed by atoms with Crippen LogP contribution in [0.25, 0.3) is 0 Å². The highest BCUT2D eigenvalue weighted by Gasteiger charge is 2.25. The van der Waals surface area contributed by atoms with Gasteiger partial charge in [0.2, 0.25) is 0 Å². The molecule has 0 aromatic carbocycles. The number of esters is 2. The third-order valence-electron chi connectivity index (χ3n) is 1.65. The molecule has 6 nitrogen and oxygen atoms in total. The van der Waals surface area contributed by atoms with E-state index >= 15 is 0 Å². The van der Waals surface area contributed by atoms with E-state index in [2.05, 4.69) is 26.2 Å². The fourth-order valence-corrected chi connectivity index (χ4v) is 1.16. The molecular weight excluding hydrogens is 280 g/mol. The number of ether oxygens (including phenoxy) is 2. The molecule has 1 aliphatic rings. The predicted octanol–water partition coefficient (Wildman–Crippen LogP) is 1.21. The van der Waals surface area contributed by atoms with Gasteiger partial charge in [-0.1, -0.05) is 15.9 Å². The van der Waals surface area contributed by atoms with Crippen LogP contribution in [0.2, 0.25) is 0 Å². The molecule has 0 amide bonds. The Morgan fingerprint density at radius 2 is 2.25 bits per heavy atom. The summed E-state index contributed by atoms with van der Waals surface area (Å²) in [5.41, 5.74) is 0.0407. The summed E-state index contributed by atoms with van der Waals surface area (Å²) in [6.07, 6.45) is 1.33. The summed E-state index contributed by atoms with van der Waals surface area (Å²) in [5, 5.41) is 7.72. The zero-order valence-corrected chi connectivity index (χ0v) is 10.3. The topological polar surface area (TPSA) is 77.3 Å². The second-order valence-corrected chi connectivity index (χ2v) is 3.58. The number of carbonyl (C=O) groups is 2. The standard InChI is InChI=1S/C9H11BrN2O4/c1-2-15-8(13)6-5-7(12-11-6)9(14)16-4-3-10/h5-6H,2-4H2,1H3. The van der Waals surface area contributed by atoms with Gasteiger partial charge in [0.05, 0.1) is 6.61 Å². The van der Waals surface area contributed by atoms with Gasteiger partial charge in [0.1, 0.15) is 6.61 Å². The van der Waals surface area contributed by atoms with Gasteiger partial charge in [-0.2, -0.15) is 5.11 Å². The highest BCUT2D eigenvalue weighted by molar-refractivity contribution is 9.09. The molecule has 0 radical (unpaired) electrons. The molecule has 0 saturated heterocycles. The molecule has 0 aromatic rings. The minimum atomic E-state index is -0.827. The van der Waals surface area contributed by atoms with Crippen LogP contribution in [0.5, 0.6) is 0 Å². The molecule has 0 aliphatic carbocycles. The van der Waals surface area contributed by atoms with E-state index < -0.39 is 18.0 Å². The smallest absolute Gasteiger partial charge is 0.358 e.